The number of carbonyl (C=O) groups is 2. The van der Waals surface area contributed by atoms with Gasteiger partial charge in [0.2, 0.25) is 0 Å². The molecule has 10 heteroatoms. The number of aryl methyl sites for hydroxylation is 2. The van der Waals surface area contributed by atoms with Gasteiger partial charge >= 0.3 is 5.97 Å². The smallest absolute Gasteiger partial charge is 0.344 e. The van der Waals surface area contributed by atoms with Crippen molar-refractivity contribution in [1.29, 1.82) is 0 Å². The minimum atomic E-state index is -4.39. The molecule has 5 rings (SSSR count). The summed E-state index contributed by atoms with van der Waals surface area (Å²) < 4.78 is 39.1. The van der Waals surface area contributed by atoms with E-state index in [9.17, 15) is 27.4 Å². The maximum atomic E-state index is 13.8. The molecule has 0 aliphatic heterocycles. The third-order valence-electron chi connectivity index (χ3n) is 6.44. The number of ether oxygens (including phenoxy) is 1. The van der Waals surface area contributed by atoms with Gasteiger partial charge in [0.15, 0.2) is 5.78 Å². The van der Waals surface area contributed by atoms with Crippen LogP contribution in [0.5, 0.6) is 0 Å². The monoisotopic (exact) mass is 518 g/mol. The van der Waals surface area contributed by atoms with E-state index in [0.717, 1.165) is 0 Å². The predicted molar refractivity (Wildman–Crippen MR) is 138 cm³/mol. The normalized spacial score (nSPS) is 12.4. The molecule has 0 amide bonds. The van der Waals surface area contributed by atoms with Gasteiger partial charge in [-0.2, -0.15) is 8.42 Å². The van der Waals surface area contributed by atoms with Crippen LogP contribution in [0.2, 0.25) is 0 Å². The Morgan fingerprint density at radius 1 is 1.03 bits per heavy atom. The number of pyridine rings is 1. The van der Waals surface area contributed by atoms with Gasteiger partial charge in [0, 0.05) is 29.2 Å². The number of benzene rings is 3. The first-order valence-electron chi connectivity index (χ1n) is 11.4. The molecule has 0 spiro atoms. The average Bonchev–Trinajstić information content (AvgIpc) is 2.84. The minimum absolute atomic E-state index is 0.0768. The molecule has 0 radical (unpaired) electrons. The summed E-state index contributed by atoms with van der Waals surface area (Å²) in [5.41, 5.74) is 2.38. The van der Waals surface area contributed by atoms with E-state index in [1.807, 2.05) is 0 Å². The molecule has 37 heavy (non-hydrogen) atoms. The summed E-state index contributed by atoms with van der Waals surface area (Å²) in [6.45, 7) is 3.27. The third kappa shape index (κ3) is 3.81. The van der Waals surface area contributed by atoms with Crippen LogP contribution in [-0.4, -0.2) is 35.9 Å². The molecule has 1 aromatic heterocycles. The summed E-state index contributed by atoms with van der Waals surface area (Å²) in [4.78, 5) is 39.9. The summed E-state index contributed by atoms with van der Waals surface area (Å²) in [5, 5.41) is 3.60. The fourth-order valence-corrected chi connectivity index (χ4v) is 5.55. The number of esters is 1. The first-order valence-corrected chi connectivity index (χ1v) is 12.8. The van der Waals surface area contributed by atoms with Crippen molar-refractivity contribution in [2.24, 2.45) is 7.05 Å². The Bertz CT molecular complexity index is 1820. The van der Waals surface area contributed by atoms with Crippen LogP contribution in [0.4, 0.5) is 11.4 Å². The zero-order valence-electron chi connectivity index (χ0n) is 20.2. The van der Waals surface area contributed by atoms with Crippen molar-refractivity contribution in [3.63, 3.8) is 0 Å². The number of carbonyl (C=O) groups excluding carboxylic acids is 2. The Morgan fingerprint density at radius 3 is 2.38 bits per heavy atom. The largest absolute Gasteiger partial charge is 0.462 e. The first kappa shape index (κ1) is 24.4. The molecule has 3 aromatic carbocycles. The fourth-order valence-electron chi connectivity index (χ4n) is 4.84. The van der Waals surface area contributed by atoms with Crippen LogP contribution in [0.3, 0.4) is 0 Å². The highest BCUT2D eigenvalue weighted by atomic mass is 32.2. The van der Waals surface area contributed by atoms with Crippen molar-refractivity contribution >= 4 is 44.1 Å². The number of nitrogens with zero attached hydrogens (tertiary/aromatic N) is 1. The van der Waals surface area contributed by atoms with Crippen molar-refractivity contribution in [3.05, 3.63) is 87.2 Å². The van der Waals surface area contributed by atoms with Crippen LogP contribution in [-0.2, 0) is 21.9 Å². The van der Waals surface area contributed by atoms with Crippen LogP contribution < -0.4 is 10.9 Å². The van der Waals surface area contributed by atoms with Gasteiger partial charge in [0.25, 0.3) is 15.7 Å². The third-order valence-corrected chi connectivity index (χ3v) is 7.46. The zero-order valence-corrected chi connectivity index (χ0v) is 21.0. The molecule has 9 nitrogen and oxygen atoms in total. The van der Waals surface area contributed by atoms with Crippen molar-refractivity contribution < 1.29 is 27.3 Å². The second-order valence-electron chi connectivity index (χ2n) is 8.67. The van der Waals surface area contributed by atoms with Crippen LogP contribution in [0, 0.1) is 6.92 Å². The van der Waals surface area contributed by atoms with Crippen LogP contribution in [0.15, 0.2) is 64.3 Å². The number of aromatic nitrogens is 1. The molecule has 0 saturated carbocycles. The fraction of sp³-hybridized carbons (Fsp3) is 0.148. The maximum Gasteiger partial charge on any atom is 0.344 e. The van der Waals surface area contributed by atoms with E-state index in [2.05, 4.69) is 5.32 Å². The van der Waals surface area contributed by atoms with Gasteiger partial charge < -0.3 is 14.6 Å². The number of nitrogens with one attached hydrogen (secondary N) is 1. The van der Waals surface area contributed by atoms with E-state index in [0.29, 0.717) is 44.5 Å². The standard InChI is InChI=1S/C27H22N2O7S/c1-4-36-27(32)24-21-16-7-5-6-8-17(16)25(30)22-18(10-11-19(23(21)22)29(3)26(24)31)28-15-9-12-20(14(2)13-15)37(33,34)35/h5-13,28H,4H2,1-3H3,(H,33,34,35). The first-order chi connectivity index (χ1) is 17.5. The van der Waals surface area contributed by atoms with Crippen molar-refractivity contribution in [2.75, 3.05) is 11.9 Å². The van der Waals surface area contributed by atoms with E-state index in [4.69, 9.17) is 4.74 Å². The SMILES string of the molecule is CCOC(=O)c1c2c3c(c(Nc4ccc(S(=O)(=O)O)c(C)c4)ccc3n(C)c1=O)C(=O)c1ccccc1-2. The highest BCUT2D eigenvalue weighted by molar-refractivity contribution is 7.85. The van der Waals surface area contributed by atoms with Gasteiger partial charge in [0.05, 0.1) is 28.3 Å². The number of rotatable bonds is 5. The van der Waals surface area contributed by atoms with Gasteiger partial charge in [-0.05, 0) is 55.3 Å². The number of anilines is 2. The van der Waals surface area contributed by atoms with Gasteiger partial charge in [-0.3, -0.25) is 14.1 Å². The maximum absolute atomic E-state index is 13.8. The van der Waals surface area contributed by atoms with E-state index < -0.39 is 21.6 Å². The second-order valence-corrected chi connectivity index (χ2v) is 10.1. The summed E-state index contributed by atoms with van der Waals surface area (Å²) in [6, 6.07) is 14.4. The Morgan fingerprint density at radius 2 is 1.73 bits per heavy atom. The molecule has 188 valence electrons. The highest BCUT2D eigenvalue weighted by Gasteiger charge is 2.34. The molecule has 4 aromatic rings. The van der Waals surface area contributed by atoms with Crippen molar-refractivity contribution in [1.82, 2.24) is 4.57 Å². The van der Waals surface area contributed by atoms with E-state index in [-0.39, 0.29) is 28.4 Å². The summed E-state index contributed by atoms with van der Waals surface area (Å²) in [5.74, 6) is -1.07. The number of hydrogen-bond donors (Lipinski definition) is 2. The molecule has 0 saturated heterocycles. The summed E-state index contributed by atoms with van der Waals surface area (Å²) in [7, 11) is -2.86. The van der Waals surface area contributed by atoms with Gasteiger partial charge in [-0.1, -0.05) is 24.3 Å². The lowest BCUT2D eigenvalue weighted by Crippen LogP contribution is -2.29. The molecule has 1 aliphatic rings. The summed E-state index contributed by atoms with van der Waals surface area (Å²) in [6.07, 6.45) is 0. The van der Waals surface area contributed by atoms with E-state index in [1.54, 1.807) is 50.2 Å². The Labute approximate surface area is 212 Å². The second kappa shape index (κ2) is 8.68. The number of ketones is 1. The van der Waals surface area contributed by atoms with Crippen LogP contribution >= 0.6 is 0 Å². The van der Waals surface area contributed by atoms with Crippen molar-refractivity contribution in [2.45, 2.75) is 18.7 Å². The topological polar surface area (TPSA) is 132 Å². The lowest BCUT2D eigenvalue weighted by atomic mass is 9.81. The lowest BCUT2D eigenvalue weighted by molar-refractivity contribution is 0.0524. The Balaban J connectivity index is 1.83. The van der Waals surface area contributed by atoms with Gasteiger partial charge in [0.1, 0.15) is 5.56 Å². The molecular formula is C27H22N2O7S. The zero-order chi connectivity index (χ0) is 26.6. The molecule has 2 N–H and O–H groups in total. The molecule has 1 aliphatic carbocycles. The van der Waals surface area contributed by atoms with E-state index in [1.165, 1.54) is 29.8 Å². The molecule has 0 bridgehead atoms. The predicted octanol–water partition coefficient (Wildman–Crippen LogP) is 4.23. The van der Waals surface area contributed by atoms with E-state index >= 15 is 0 Å². The Hall–Kier alpha value is -4.28. The van der Waals surface area contributed by atoms with Crippen LogP contribution in [0.1, 0.15) is 38.8 Å². The molecule has 0 fully saturated rings. The summed E-state index contributed by atoms with van der Waals surface area (Å²) >= 11 is 0. The van der Waals surface area contributed by atoms with Gasteiger partial charge in [-0.25, -0.2) is 4.79 Å². The molecule has 1 heterocycles. The Kier molecular flexibility index (Phi) is 5.73. The number of fused-ring (bicyclic) bond motifs is 2. The lowest BCUT2D eigenvalue weighted by Gasteiger charge is -2.25. The number of hydrogen-bond acceptors (Lipinski definition) is 7. The molecular weight excluding hydrogens is 496 g/mol. The average molecular weight is 519 g/mol. The molecule has 0 atom stereocenters. The van der Waals surface area contributed by atoms with Crippen molar-refractivity contribution in [3.8, 4) is 11.1 Å². The minimum Gasteiger partial charge on any atom is -0.462 e. The quantitative estimate of drug-likeness (QED) is 0.261. The highest BCUT2D eigenvalue weighted by Crippen LogP contribution is 2.43. The van der Waals surface area contributed by atoms with Crippen LogP contribution in [0.25, 0.3) is 22.0 Å². The molecule has 0 unspecified atom stereocenters. The van der Waals surface area contributed by atoms with Gasteiger partial charge in [-0.15, -0.1) is 0 Å².